The van der Waals surface area contributed by atoms with Gasteiger partial charge in [-0.05, 0) is 18.2 Å². The first kappa shape index (κ1) is 13.0. The third kappa shape index (κ3) is 3.76. The molecule has 1 N–H and O–H groups in total. The first-order chi connectivity index (χ1) is 8.04. The number of ether oxygens (including phenoxy) is 1. The summed E-state index contributed by atoms with van der Waals surface area (Å²) in [6.07, 6.45) is 1.94. The number of nitrogens with zero attached hydrogens (tertiary/aromatic N) is 1. The number of alkyl carbamates (subject to hydrolysis) is 1. The van der Waals surface area contributed by atoms with Gasteiger partial charge in [-0.15, -0.1) is 0 Å². The first-order valence-electron chi connectivity index (χ1n) is 4.49. The highest BCUT2D eigenvalue weighted by molar-refractivity contribution is 6.30. The second kappa shape index (κ2) is 5.86. The van der Waals surface area contributed by atoms with E-state index < -0.39 is 11.0 Å². The summed E-state index contributed by atoms with van der Waals surface area (Å²) in [5.41, 5.74) is 0.191. The highest BCUT2D eigenvalue weighted by Crippen LogP contribution is 2.23. The zero-order valence-electron chi connectivity index (χ0n) is 8.84. The fourth-order valence-electron chi connectivity index (χ4n) is 1.08. The van der Waals surface area contributed by atoms with Crippen molar-refractivity contribution in [3.63, 3.8) is 0 Å². The van der Waals surface area contributed by atoms with Crippen molar-refractivity contribution < 1.29 is 14.5 Å². The molecule has 1 aromatic carbocycles. The molecule has 1 aromatic rings. The molecule has 0 aliphatic rings. The number of hydrogen-bond donors (Lipinski definition) is 1. The second-order valence-corrected chi connectivity index (χ2v) is 3.37. The van der Waals surface area contributed by atoms with E-state index in [0.29, 0.717) is 10.6 Å². The van der Waals surface area contributed by atoms with Crippen molar-refractivity contribution in [1.82, 2.24) is 5.32 Å². The van der Waals surface area contributed by atoms with Crippen LogP contribution in [-0.4, -0.2) is 18.1 Å². The van der Waals surface area contributed by atoms with E-state index in [2.05, 4.69) is 10.1 Å². The second-order valence-electron chi connectivity index (χ2n) is 2.93. The molecular weight excluding hydrogens is 248 g/mol. The summed E-state index contributed by atoms with van der Waals surface area (Å²) in [4.78, 5) is 20.9. The minimum atomic E-state index is -0.661. The molecular formula is C10H9ClN2O4. The van der Waals surface area contributed by atoms with Crippen LogP contribution in [0, 0.1) is 10.1 Å². The maximum atomic E-state index is 10.7. The molecule has 0 spiro atoms. The van der Waals surface area contributed by atoms with Crippen molar-refractivity contribution in [3.05, 3.63) is 45.1 Å². The average molecular weight is 257 g/mol. The Balaban J connectivity index is 2.92. The van der Waals surface area contributed by atoms with Gasteiger partial charge in [-0.1, -0.05) is 11.6 Å². The van der Waals surface area contributed by atoms with E-state index in [1.165, 1.54) is 37.6 Å². The maximum Gasteiger partial charge on any atom is 0.410 e. The Kier molecular flexibility index (Phi) is 4.47. The molecule has 0 aliphatic carbocycles. The minimum absolute atomic E-state index is 0.0997. The third-order valence-corrected chi connectivity index (χ3v) is 2.07. The Labute approximate surface area is 102 Å². The average Bonchev–Trinajstić information content (AvgIpc) is 2.28. The van der Waals surface area contributed by atoms with Gasteiger partial charge in [0.05, 0.1) is 17.6 Å². The Bertz CT molecular complexity index is 473. The summed E-state index contributed by atoms with van der Waals surface area (Å²) in [5, 5.41) is 13.3. The molecule has 0 aliphatic heterocycles. The zero-order valence-corrected chi connectivity index (χ0v) is 9.60. The number of methoxy groups -OCH3 is 1. The molecule has 0 heterocycles. The lowest BCUT2D eigenvalue weighted by Gasteiger charge is -1.99. The summed E-state index contributed by atoms with van der Waals surface area (Å²) < 4.78 is 4.33. The molecule has 0 unspecified atom stereocenters. The first-order valence-corrected chi connectivity index (χ1v) is 4.87. The van der Waals surface area contributed by atoms with Crippen molar-refractivity contribution >= 4 is 29.5 Å². The van der Waals surface area contributed by atoms with Crippen molar-refractivity contribution in [2.24, 2.45) is 0 Å². The molecule has 0 saturated heterocycles. The van der Waals surface area contributed by atoms with Gasteiger partial charge in [-0.25, -0.2) is 4.79 Å². The van der Waals surface area contributed by atoms with E-state index in [9.17, 15) is 14.9 Å². The normalized spacial score (nSPS) is 10.2. The van der Waals surface area contributed by atoms with E-state index in [4.69, 9.17) is 11.6 Å². The predicted octanol–water partition coefficient (Wildman–Crippen LogP) is 2.57. The number of nitro benzene ring substituents is 1. The van der Waals surface area contributed by atoms with Gasteiger partial charge in [0.25, 0.3) is 5.69 Å². The van der Waals surface area contributed by atoms with Crippen LogP contribution in [0.3, 0.4) is 0 Å². The lowest BCUT2D eigenvalue weighted by Crippen LogP contribution is -2.15. The van der Waals surface area contributed by atoms with Crippen LogP contribution in [0.5, 0.6) is 0 Å². The van der Waals surface area contributed by atoms with Gasteiger partial charge < -0.3 is 4.74 Å². The van der Waals surface area contributed by atoms with Crippen molar-refractivity contribution in [2.45, 2.75) is 0 Å². The third-order valence-electron chi connectivity index (χ3n) is 1.84. The number of nitrogens with one attached hydrogen (secondary N) is 1. The topological polar surface area (TPSA) is 81.5 Å². The molecule has 0 saturated carbocycles. The molecule has 1 rings (SSSR count). The van der Waals surface area contributed by atoms with E-state index in [-0.39, 0.29) is 5.69 Å². The van der Waals surface area contributed by atoms with Crippen LogP contribution in [0.1, 0.15) is 5.56 Å². The number of nitro groups is 1. The molecule has 6 nitrogen and oxygen atoms in total. The SMILES string of the molecule is COC(=O)N/C=C/c1cc(Cl)ccc1[N+](=O)[O-]. The molecule has 0 bridgehead atoms. The van der Waals surface area contributed by atoms with Gasteiger partial charge in [0.1, 0.15) is 0 Å². The highest BCUT2D eigenvalue weighted by atomic mass is 35.5. The Morgan fingerprint density at radius 2 is 2.29 bits per heavy atom. The number of rotatable bonds is 3. The molecule has 0 atom stereocenters. The number of hydrogen-bond acceptors (Lipinski definition) is 4. The van der Waals surface area contributed by atoms with Crippen molar-refractivity contribution in [2.75, 3.05) is 7.11 Å². The minimum Gasteiger partial charge on any atom is -0.453 e. The summed E-state index contributed by atoms with van der Waals surface area (Å²) in [5.74, 6) is 0. The van der Waals surface area contributed by atoms with Gasteiger partial charge in [0, 0.05) is 17.3 Å². The Morgan fingerprint density at radius 1 is 1.59 bits per heavy atom. The van der Waals surface area contributed by atoms with Gasteiger partial charge >= 0.3 is 6.09 Å². The summed E-state index contributed by atoms with van der Waals surface area (Å²) in [6.45, 7) is 0. The quantitative estimate of drug-likeness (QED) is 0.666. The van der Waals surface area contributed by atoms with E-state index in [1.54, 1.807) is 0 Å². The molecule has 17 heavy (non-hydrogen) atoms. The van der Waals surface area contributed by atoms with Gasteiger partial charge in [0.2, 0.25) is 0 Å². The number of carbonyl (C=O) groups is 1. The molecule has 7 heteroatoms. The lowest BCUT2D eigenvalue weighted by atomic mass is 10.2. The molecule has 0 radical (unpaired) electrons. The van der Waals surface area contributed by atoms with E-state index >= 15 is 0 Å². The van der Waals surface area contributed by atoms with E-state index in [1.807, 2.05) is 0 Å². The molecule has 90 valence electrons. The number of carbonyl (C=O) groups excluding carboxylic acids is 1. The van der Waals surface area contributed by atoms with Gasteiger partial charge in [-0.3, -0.25) is 15.4 Å². The highest BCUT2D eigenvalue weighted by Gasteiger charge is 2.11. The number of benzene rings is 1. The number of halogens is 1. The standard InChI is InChI=1S/C10H9ClN2O4/c1-17-10(14)12-5-4-7-6-8(11)2-3-9(7)13(15)16/h2-6H,1H3,(H,12,14)/b5-4+. The summed E-state index contributed by atoms with van der Waals surface area (Å²) in [6, 6.07) is 4.14. The largest absolute Gasteiger partial charge is 0.453 e. The zero-order chi connectivity index (χ0) is 12.8. The van der Waals surface area contributed by atoms with Crippen LogP contribution in [0.15, 0.2) is 24.4 Å². The lowest BCUT2D eigenvalue weighted by molar-refractivity contribution is -0.385. The predicted molar refractivity (Wildman–Crippen MR) is 62.7 cm³/mol. The van der Waals surface area contributed by atoms with Crippen LogP contribution in [-0.2, 0) is 4.74 Å². The van der Waals surface area contributed by atoms with Crippen LogP contribution < -0.4 is 5.32 Å². The molecule has 0 fully saturated rings. The fraction of sp³-hybridized carbons (Fsp3) is 0.100. The summed E-state index contributed by atoms with van der Waals surface area (Å²) >= 11 is 5.72. The van der Waals surface area contributed by atoms with Gasteiger partial charge in [-0.2, -0.15) is 0 Å². The van der Waals surface area contributed by atoms with Crippen molar-refractivity contribution in [3.8, 4) is 0 Å². The monoisotopic (exact) mass is 256 g/mol. The van der Waals surface area contributed by atoms with Crippen LogP contribution in [0.4, 0.5) is 10.5 Å². The van der Waals surface area contributed by atoms with Crippen LogP contribution in [0.25, 0.3) is 6.08 Å². The Morgan fingerprint density at radius 3 is 2.88 bits per heavy atom. The summed E-state index contributed by atoms with van der Waals surface area (Å²) in [7, 11) is 1.21. The smallest absolute Gasteiger partial charge is 0.410 e. The van der Waals surface area contributed by atoms with E-state index in [0.717, 1.165) is 0 Å². The fourth-order valence-corrected chi connectivity index (χ4v) is 1.26. The number of amides is 1. The molecule has 1 amide bonds. The van der Waals surface area contributed by atoms with Crippen molar-refractivity contribution in [1.29, 1.82) is 0 Å². The van der Waals surface area contributed by atoms with Gasteiger partial charge in [0.15, 0.2) is 0 Å². The Hall–Kier alpha value is -2.08. The van der Waals surface area contributed by atoms with Crippen LogP contribution in [0.2, 0.25) is 5.02 Å². The van der Waals surface area contributed by atoms with Crippen LogP contribution >= 0.6 is 11.6 Å². The molecule has 0 aromatic heterocycles. The maximum absolute atomic E-state index is 10.7.